The number of fused-ring (bicyclic) bond motifs is 1. The minimum Gasteiger partial charge on any atom is -0.370 e. The number of amides is 1. The highest BCUT2D eigenvalue weighted by molar-refractivity contribution is 5.96. The molecule has 1 aliphatic carbocycles. The van der Waals surface area contributed by atoms with E-state index in [1.165, 1.54) is 0 Å². The van der Waals surface area contributed by atoms with Gasteiger partial charge in [0.15, 0.2) is 5.96 Å². The SMILES string of the molecule is CCCNC(=O)c1nc(N[C@H]2CCCC[C@H]2NC(=N)N)c2cc(C)ccc2n1.Cl.Cl. The third kappa shape index (κ3) is 6.34. The highest BCUT2D eigenvalue weighted by Crippen LogP contribution is 2.26. The summed E-state index contributed by atoms with van der Waals surface area (Å²) in [6.07, 6.45) is 4.92. The highest BCUT2D eigenvalue weighted by Gasteiger charge is 2.26. The number of nitrogens with two attached hydrogens (primary N) is 1. The lowest BCUT2D eigenvalue weighted by molar-refractivity contribution is 0.0943. The van der Waals surface area contributed by atoms with E-state index in [0.717, 1.165) is 48.6 Å². The smallest absolute Gasteiger partial charge is 0.289 e. The summed E-state index contributed by atoms with van der Waals surface area (Å²) in [6.45, 7) is 4.61. The number of halogens is 2. The summed E-state index contributed by atoms with van der Waals surface area (Å²) in [5.41, 5.74) is 7.40. The van der Waals surface area contributed by atoms with Crippen molar-refractivity contribution in [3.63, 3.8) is 0 Å². The Bertz CT molecular complexity index is 878. The minimum atomic E-state index is -0.269. The average Bonchev–Trinajstić information content (AvgIpc) is 2.67. The van der Waals surface area contributed by atoms with Crippen molar-refractivity contribution in [2.24, 2.45) is 5.73 Å². The van der Waals surface area contributed by atoms with E-state index >= 15 is 0 Å². The number of anilines is 1. The molecular formula is C20H31Cl2N7O. The fraction of sp³-hybridized carbons (Fsp3) is 0.500. The highest BCUT2D eigenvalue weighted by atomic mass is 35.5. The zero-order valence-electron chi connectivity index (χ0n) is 17.3. The average molecular weight is 456 g/mol. The van der Waals surface area contributed by atoms with Gasteiger partial charge in [0.2, 0.25) is 5.82 Å². The lowest BCUT2D eigenvalue weighted by atomic mass is 9.90. The van der Waals surface area contributed by atoms with E-state index in [-0.39, 0.29) is 54.6 Å². The largest absolute Gasteiger partial charge is 0.370 e. The Balaban J connectivity index is 0.00000225. The van der Waals surface area contributed by atoms with Crippen molar-refractivity contribution in [3.05, 3.63) is 29.6 Å². The second-order valence-corrected chi connectivity index (χ2v) is 7.37. The van der Waals surface area contributed by atoms with Crippen molar-refractivity contribution >= 4 is 53.4 Å². The van der Waals surface area contributed by atoms with E-state index in [1.807, 2.05) is 32.0 Å². The Labute approximate surface area is 189 Å². The quantitative estimate of drug-likeness (QED) is 0.336. The Morgan fingerprint density at radius 2 is 1.90 bits per heavy atom. The lowest BCUT2D eigenvalue weighted by Crippen LogP contribution is -2.50. The topological polar surface area (TPSA) is 129 Å². The zero-order chi connectivity index (χ0) is 20.1. The fourth-order valence-electron chi connectivity index (χ4n) is 3.62. The van der Waals surface area contributed by atoms with Crippen LogP contribution in [0.25, 0.3) is 10.9 Å². The molecule has 1 saturated carbocycles. The number of nitrogens with one attached hydrogen (secondary N) is 4. The molecule has 1 aromatic carbocycles. The molecule has 1 fully saturated rings. The van der Waals surface area contributed by atoms with Gasteiger partial charge in [-0.25, -0.2) is 9.97 Å². The molecule has 166 valence electrons. The summed E-state index contributed by atoms with van der Waals surface area (Å²) < 4.78 is 0. The molecule has 0 radical (unpaired) electrons. The van der Waals surface area contributed by atoms with Gasteiger partial charge in [-0.15, -0.1) is 24.8 Å². The molecular weight excluding hydrogens is 425 g/mol. The van der Waals surface area contributed by atoms with E-state index in [1.54, 1.807) is 0 Å². The molecule has 0 aliphatic heterocycles. The number of benzene rings is 1. The number of hydrogen-bond donors (Lipinski definition) is 5. The zero-order valence-corrected chi connectivity index (χ0v) is 19.0. The number of aromatic nitrogens is 2. The summed E-state index contributed by atoms with van der Waals surface area (Å²) in [5.74, 6) is 0.521. The number of aryl methyl sites for hydroxylation is 1. The third-order valence-corrected chi connectivity index (χ3v) is 5.02. The first-order valence-electron chi connectivity index (χ1n) is 9.91. The molecule has 6 N–H and O–H groups in total. The van der Waals surface area contributed by atoms with Crippen molar-refractivity contribution in [2.75, 3.05) is 11.9 Å². The molecule has 2 aromatic rings. The molecule has 0 saturated heterocycles. The summed E-state index contributed by atoms with van der Waals surface area (Å²) in [6, 6.07) is 6.05. The van der Waals surface area contributed by atoms with Crippen LogP contribution in [-0.4, -0.2) is 40.5 Å². The van der Waals surface area contributed by atoms with Crippen molar-refractivity contribution in [1.82, 2.24) is 20.6 Å². The van der Waals surface area contributed by atoms with E-state index in [0.29, 0.717) is 12.4 Å². The van der Waals surface area contributed by atoms with Crippen molar-refractivity contribution in [2.45, 2.75) is 58.0 Å². The van der Waals surface area contributed by atoms with Gasteiger partial charge in [0, 0.05) is 24.0 Å². The van der Waals surface area contributed by atoms with Crippen LogP contribution in [0.1, 0.15) is 55.2 Å². The monoisotopic (exact) mass is 455 g/mol. The first-order chi connectivity index (χ1) is 13.5. The Morgan fingerprint density at radius 1 is 1.20 bits per heavy atom. The fourth-order valence-corrected chi connectivity index (χ4v) is 3.62. The van der Waals surface area contributed by atoms with Gasteiger partial charge in [-0.3, -0.25) is 10.2 Å². The van der Waals surface area contributed by atoms with Crippen LogP contribution in [0, 0.1) is 12.3 Å². The molecule has 10 heteroatoms. The number of carbonyl (C=O) groups excluding carboxylic acids is 1. The minimum absolute atomic E-state index is 0. The van der Waals surface area contributed by atoms with Gasteiger partial charge >= 0.3 is 0 Å². The number of guanidine groups is 1. The molecule has 0 spiro atoms. The van der Waals surface area contributed by atoms with Gasteiger partial charge in [0.1, 0.15) is 5.82 Å². The summed E-state index contributed by atoms with van der Waals surface area (Å²) >= 11 is 0. The number of hydrogen-bond acceptors (Lipinski definition) is 5. The maximum absolute atomic E-state index is 12.4. The molecule has 0 bridgehead atoms. The van der Waals surface area contributed by atoms with Crippen LogP contribution in [0.3, 0.4) is 0 Å². The van der Waals surface area contributed by atoms with Crippen LogP contribution in [0.4, 0.5) is 5.82 Å². The van der Waals surface area contributed by atoms with Crippen molar-refractivity contribution in [1.29, 1.82) is 5.41 Å². The van der Waals surface area contributed by atoms with Crippen LogP contribution in [-0.2, 0) is 0 Å². The molecule has 1 amide bonds. The summed E-state index contributed by atoms with van der Waals surface area (Å²) in [7, 11) is 0. The second kappa shape index (κ2) is 11.8. The maximum atomic E-state index is 12.4. The van der Waals surface area contributed by atoms with Crippen LogP contribution in [0.2, 0.25) is 0 Å². The van der Waals surface area contributed by atoms with Gasteiger partial charge in [-0.05, 0) is 38.3 Å². The Morgan fingerprint density at radius 3 is 2.57 bits per heavy atom. The molecule has 8 nitrogen and oxygen atoms in total. The van der Waals surface area contributed by atoms with Crippen LogP contribution >= 0.6 is 24.8 Å². The van der Waals surface area contributed by atoms with Crippen LogP contribution < -0.4 is 21.7 Å². The Kier molecular flexibility index (Phi) is 10.1. The van der Waals surface area contributed by atoms with Crippen molar-refractivity contribution in [3.8, 4) is 0 Å². The number of nitrogens with zero attached hydrogens (tertiary/aromatic N) is 2. The number of carbonyl (C=O) groups is 1. The molecule has 3 rings (SSSR count). The second-order valence-electron chi connectivity index (χ2n) is 7.37. The predicted molar refractivity (Wildman–Crippen MR) is 126 cm³/mol. The normalized spacial score (nSPS) is 17.9. The maximum Gasteiger partial charge on any atom is 0.289 e. The van der Waals surface area contributed by atoms with Crippen LogP contribution in [0.15, 0.2) is 18.2 Å². The van der Waals surface area contributed by atoms with E-state index in [4.69, 9.17) is 11.1 Å². The van der Waals surface area contributed by atoms with E-state index in [2.05, 4.69) is 25.9 Å². The lowest BCUT2D eigenvalue weighted by Gasteiger charge is -2.33. The van der Waals surface area contributed by atoms with Crippen molar-refractivity contribution < 1.29 is 4.79 Å². The third-order valence-electron chi connectivity index (χ3n) is 5.02. The van der Waals surface area contributed by atoms with E-state index in [9.17, 15) is 4.79 Å². The molecule has 2 atom stereocenters. The molecule has 1 aromatic heterocycles. The van der Waals surface area contributed by atoms with Gasteiger partial charge < -0.3 is 21.7 Å². The van der Waals surface area contributed by atoms with Gasteiger partial charge in [0.05, 0.1) is 5.52 Å². The van der Waals surface area contributed by atoms with Crippen LogP contribution in [0.5, 0.6) is 0 Å². The first kappa shape index (κ1) is 25.7. The number of rotatable bonds is 6. The van der Waals surface area contributed by atoms with Gasteiger partial charge in [-0.1, -0.05) is 31.4 Å². The van der Waals surface area contributed by atoms with Gasteiger partial charge in [0.25, 0.3) is 5.91 Å². The van der Waals surface area contributed by atoms with E-state index < -0.39 is 0 Å². The first-order valence-corrected chi connectivity index (χ1v) is 9.91. The Hall–Kier alpha value is -2.32. The molecule has 30 heavy (non-hydrogen) atoms. The summed E-state index contributed by atoms with van der Waals surface area (Å²) in [5, 5.41) is 17.9. The van der Waals surface area contributed by atoms with Gasteiger partial charge in [-0.2, -0.15) is 0 Å². The standard InChI is InChI=1S/C20H29N7O.2ClH/c1-3-10-23-19(28)18-24-14-9-8-12(2)11-13(14)17(27-18)25-15-6-4-5-7-16(15)26-20(21)22;;/h8-9,11,15-16H,3-7,10H2,1-2H3,(H,23,28)(H4,21,22,26)(H,24,25,27);2*1H/t15-,16+;;/m0../s1. The molecule has 1 heterocycles. The summed E-state index contributed by atoms with van der Waals surface area (Å²) in [4.78, 5) is 21.5. The predicted octanol–water partition coefficient (Wildman–Crippen LogP) is 3.13. The molecule has 1 aliphatic rings. The molecule has 0 unspecified atom stereocenters.